The van der Waals surface area contributed by atoms with Crippen LogP contribution in [0.25, 0.3) is 0 Å². The Balaban J connectivity index is 2.35. The molecule has 0 aromatic heterocycles. The van der Waals surface area contributed by atoms with Gasteiger partial charge in [0.1, 0.15) is 5.75 Å². The highest BCUT2D eigenvalue weighted by atomic mass is 16.5. The Labute approximate surface area is 112 Å². The SMILES string of the molecule is Cc1ccc(C)c(OC(C)CCNCC(C)C)c1. The molecule has 1 rings (SSSR count). The highest BCUT2D eigenvalue weighted by Crippen LogP contribution is 2.20. The normalized spacial score (nSPS) is 12.8. The lowest BCUT2D eigenvalue weighted by atomic mass is 10.1. The van der Waals surface area contributed by atoms with Crippen LogP contribution >= 0.6 is 0 Å². The summed E-state index contributed by atoms with van der Waals surface area (Å²) in [6, 6.07) is 6.36. The van der Waals surface area contributed by atoms with E-state index >= 15 is 0 Å². The van der Waals surface area contributed by atoms with Gasteiger partial charge in [-0.1, -0.05) is 26.0 Å². The molecule has 0 fully saturated rings. The Kier molecular flexibility index (Phi) is 6.20. The van der Waals surface area contributed by atoms with Gasteiger partial charge in [0, 0.05) is 0 Å². The quantitative estimate of drug-likeness (QED) is 0.744. The van der Waals surface area contributed by atoms with Crippen LogP contribution in [0.15, 0.2) is 18.2 Å². The minimum absolute atomic E-state index is 0.255. The number of hydrogen-bond donors (Lipinski definition) is 1. The smallest absolute Gasteiger partial charge is 0.122 e. The lowest BCUT2D eigenvalue weighted by Gasteiger charge is -2.17. The molecule has 0 aliphatic carbocycles. The van der Waals surface area contributed by atoms with E-state index in [-0.39, 0.29) is 6.10 Å². The van der Waals surface area contributed by atoms with Crippen LogP contribution in [0.3, 0.4) is 0 Å². The molecule has 1 aromatic carbocycles. The van der Waals surface area contributed by atoms with E-state index in [1.54, 1.807) is 0 Å². The molecular formula is C16H27NO. The van der Waals surface area contributed by atoms with E-state index in [4.69, 9.17) is 4.74 Å². The van der Waals surface area contributed by atoms with Crippen LogP contribution in [0.2, 0.25) is 0 Å². The zero-order valence-corrected chi connectivity index (χ0v) is 12.4. The Morgan fingerprint density at radius 3 is 2.56 bits per heavy atom. The van der Waals surface area contributed by atoms with Crippen molar-refractivity contribution in [3.8, 4) is 5.75 Å². The molecule has 0 radical (unpaired) electrons. The molecule has 1 atom stereocenters. The molecule has 1 aromatic rings. The molecule has 0 heterocycles. The second-order valence-electron chi connectivity index (χ2n) is 5.58. The van der Waals surface area contributed by atoms with Gasteiger partial charge in [-0.2, -0.15) is 0 Å². The molecule has 0 saturated carbocycles. The van der Waals surface area contributed by atoms with Gasteiger partial charge in [0.05, 0.1) is 6.10 Å². The summed E-state index contributed by atoms with van der Waals surface area (Å²) < 4.78 is 5.99. The molecule has 2 nitrogen and oxygen atoms in total. The predicted octanol–water partition coefficient (Wildman–Crippen LogP) is 3.71. The van der Waals surface area contributed by atoms with Crippen LogP contribution in [-0.4, -0.2) is 19.2 Å². The van der Waals surface area contributed by atoms with Crippen molar-refractivity contribution in [2.24, 2.45) is 5.92 Å². The molecule has 0 bridgehead atoms. The molecule has 1 N–H and O–H groups in total. The van der Waals surface area contributed by atoms with Crippen molar-refractivity contribution in [1.82, 2.24) is 5.32 Å². The van der Waals surface area contributed by atoms with Gasteiger partial charge in [-0.3, -0.25) is 0 Å². The molecule has 1 unspecified atom stereocenters. The van der Waals surface area contributed by atoms with Gasteiger partial charge in [0.15, 0.2) is 0 Å². The van der Waals surface area contributed by atoms with Crippen LogP contribution in [0.1, 0.15) is 38.3 Å². The molecule has 2 heteroatoms. The lowest BCUT2D eigenvalue weighted by molar-refractivity contribution is 0.208. The predicted molar refractivity (Wildman–Crippen MR) is 78.3 cm³/mol. The van der Waals surface area contributed by atoms with Gasteiger partial charge in [-0.05, 0) is 63.4 Å². The Bertz CT molecular complexity index is 360. The monoisotopic (exact) mass is 249 g/mol. The van der Waals surface area contributed by atoms with Crippen LogP contribution in [-0.2, 0) is 0 Å². The zero-order valence-electron chi connectivity index (χ0n) is 12.4. The molecule has 0 saturated heterocycles. The maximum atomic E-state index is 5.99. The van der Waals surface area contributed by atoms with E-state index in [0.717, 1.165) is 25.3 Å². The van der Waals surface area contributed by atoms with Crippen molar-refractivity contribution in [2.45, 2.75) is 47.1 Å². The Morgan fingerprint density at radius 1 is 1.17 bits per heavy atom. The third kappa shape index (κ3) is 5.54. The van der Waals surface area contributed by atoms with Gasteiger partial charge < -0.3 is 10.1 Å². The number of aryl methyl sites for hydroxylation is 2. The van der Waals surface area contributed by atoms with Crippen LogP contribution in [0.4, 0.5) is 0 Å². The van der Waals surface area contributed by atoms with E-state index in [1.807, 2.05) is 0 Å². The molecule has 0 aliphatic heterocycles. The van der Waals surface area contributed by atoms with Gasteiger partial charge in [-0.25, -0.2) is 0 Å². The fraction of sp³-hybridized carbons (Fsp3) is 0.625. The van der Waals surface area contributed by atoms with Crippen LogP contribution in [0.5, 0.6) is 5.75 Å². The minimum Gasteiger partial charge on any atom is -0.490 e. The number of hydrogen-bond acceptors (Lipinski definition) is 2. The van der Waals surface area contributed by atoms with E-state index in [2.05, 4.69) is 58.1 Å². The summed E-state index contributed by atoms with van der Waals surface area (Å²) in [7, 11) is 0. The molecule has 102 valence electrons. The summed E-state index contributed by atoms with van der Waals surface area (Å²) in [4.78, 5) is 0. The Morgan fingerprint density at radius 2 is 1.89 bits per heavy atom. The first-order chi connectivity index (χ1) is 8.49. The van der Waals surface area contributed by atoms with Gasteiger partial charge in [0.25, 0.3) is 0 Å². The standard InChI is InChI=1S/C16H27NO/c1-12(2)11-17-9-8-15(5)18-16-10-13(3)6-7-14(16)4/h6-7,10,12,15,17H,8-9,11H2,1-5H3. The third-order valence-electron chi connectivity index (χ3n) is 2.95. The van der Waals surface area contributed by atoms with Gasteiger partial charge in [-0.15, -0.1) is 0 Å². The topological polar surface area (TPSA) is 21.3 Å². The van der Waals surface area contributed by atoms with Crippen molar-refractivity contribution in [2.75, 3.05) is 13.1 Å². The van der Waals surface area contributed by atoms with E-state index in [0.29, 0.717) is 5.92 Å². The first-order valence-corrected chi connectivity index (χ1v) is 6.93. The molecular weight excluding hydrogens is 222 g/mol. The number of ether oxygens (including phenoxy) is 1. The van der Waals surface area contributed by atoms with Crippen molar-refractivity contribution < 1.29 is 4.74 Å². The highest BCUT2D eigenvalue weighted by Gasteiger charge is 2.06. The maximum absolute atomic E-state index is 5.99. The number of benzene rings is 1. The molecule has 0 amide bonds. The molecule has 18 heavy (non-hydrogen) atoms. The second-order valence-corrected chi connectivity index (χ2v) is 5.58. The fourth-order valence-corrected chi connectivity index (χ4v) is 1.81. The summed E-state index contributed by atoms with van der Waals surface area (Å²) in [6.07, 6.45) is 1.30. The van der Waals surface area contributed by atoms with Gasteiger partial charge in [0.2, 0.25) is 0 Å². The summed E-state index contributed by atoms with van der Waals surface area (Å²) >= 11 is 0. The van der Waals surface area contributed by atoms with Crippen molar-refractivity contribution in [3.05, 3.63) is 29.3 Å². The summed E-state index contributed by atoms with van der Waals surface area (Å²) in [6.45, 7) is 12.9. The fourth-order valence-electron chi connectivity index (χ4n) is 1.81. The summed E-state index contributed by atoms with van der Waals surface area (Å²) in [5, 5.41) is 3.45. The van der Waals surface area contributed by atoms with E-state index in [1.165, 1.54) is 11.1 Å². The average molecular weight is 249 g/mol. The average Bonchev–Trinajstić information content (AvgIpc) is 2.29. The van der Waals surface area contributed by atoms with E-state index < -0.39 is 0 Å². The first kappa shape index (κ1) is 15.0. The summed E-state index contributed by atoms with van der Waals surface area (Å²) in [5.41, 5.74) is 2.46. The van der Waals surface area contributed by atoms with Gasteiger partial charge >= 0.3 is 0 Å². The maximum Gasteiger partial charge on any atom is 0.122 e. The van der Waals surface area contributed by atoms with Crippen molar-refractivity contribution >= 4 is 0 Å². The van der Waals surface area contributed by atoms with Crippen LogP contribution in [0, 0.1) is 19.8 Å². The van der Waals surface area contributed by atoms with E-state index in [9.17, 15) is 0 Å². The summed E-state index contributed by atoms with van der Waals surface area (Å²) in [5.74, 6) is 1.73. The Hall–Kier alpha value is -1.02. The highest BCUT2D eigenvalue weighted by molar-refractivity contribution is 5.36. The molecule has 0 spiro atoms. The number of nitrogens with one attached hydrogen (secondary N) is 1. The molecule has 0 aliphatic rings. The first-order valence-electron chi connectivity index (χ1n) is 6.93. The number of rotatable bonds is 7. The van der Waals surface area contributed by atoms with Crippen molar-refractivity contribution in [3.63, 3.8) is 0 Å². The van der Waals surface area contributed by atoms with Crippen LogP contribution < -0.4 is 10.1 Å². The second kappa shape index (κ2) is 7.42. The minimum atomic E-state index is 0.255. The largest absolute Gasteiger partial charge is 0.490 e. The lowest BCUT2D eigenvalue weighted by Crippen LogP contribution is -2.25. The zero-order chi connectivity index (χ0) is 13.5. The third-order valence-corrected chi connectivity index (χ3v) is 2.95. The van der Waals surface area contributed by atoms with Crippen molar-refractivity contribution in [1.29, 1.82) is 0 Å².